The van der Waals surface area contributed by atoms with Gasteiger partial charge < -0.3 is 25.5 Å². The van der Waals surface area contributed by atoms with Gasteiger partial charge in [0.25, 0.3) is 5.56 Å². The van der Waals surface area contributed by atoms with Crippen molar-refractivity contribution in [3.63, 3.8) is 0 Å². The number of nitrogens with zero attached hydrogens (tertiary/aromatic N) is 4. The number of H-pyrrole nitrogens is 1. The van der Waals surface area contributed by atoms with Gasteiger partial charge in [-0.1, -0.05) is 42.5 Å². The SMILES string of the molecule is O=C(O)N(Cc1ccccc1)C1CCN(c2nc(N[C@@H]3CCCNC3)c(-c3nc4ccccc4s3)c(=O)[nH]2)CC1. The number of rotatable bonds is 7. The third-order valence-electron chi connectivity index (χ3n) is 7.70. The molecule has 2 aliphatic heterocycles. The summed E-state index contributed by atoms with van der Waals surface area (Å²) in [6.07, 6.45) is 2.44. The minimum atomic E-state index is -0.915. The summed E-state index contributed by atoms with van der Waals surface area (Å²) in [4.78, 5) is 42.0. The number of amides is 1. The molecule has 40 heavy (non-hydrogen) atoms. The molecule has 11 heteroatoms. The molecule has 4 aromatic rings. The van der Waals surface area contributed by atoms with Crippen molar-refractivity contribution in [1.29, 1.82) is 0 Å². The van der Waals surface area contributed by atoms with Gasteiger partial charge in [0.2, 0.25) is 5.95 Å². The molecule has 0 aliphatic carbocycles. The number of carboxylic acid groups (broad SMARTS) is 1. The van der Waals surface area contributed by atoms with Crippen LogP contribution in [0.1, 0.15) is 31.2 Å². The molecule has 2 fully saturated rings. The van der Waals surface area contributed by atoms with Gasteiger partial charge in [0.1, 0.15) is 16.4 Å². The maximum atomic E-state index is 13.6. The Morgan fingerprint density at radius 3 is 2.58 bits per heavy atom. The lowest BCUT2D eigenvalue weighted by Crippen LogP contribution is -2.47. The van der Waals surface area contributed by atoms with Crippen molar-refractivity contribution in [2.24, 2.45) is 0 Å². The zero-order chi connectivity index (χ0) is 27.5. The number of benzene rings is 2. The van der Waals surface area contributed by atoms with E-state index in [2.05, 4.69) is 15.6 Å². The molecule has 2 saturated heterocycles. The average molecular weight is 560 g/mol. The fourth-order valence-corrected chi connectivity index (χ4v) is 6.59. The first-order chi connectivity index (χ1) is 19.5. The summed E-state index contributed by atoms with van der Waals surface area (Å²) in [7, 11) is 0. The first-order valence-corrected chi connectivity index (χ1v) is 14.6. The monoisotopic (exact) mass is 559 g/mol. The maximum absolute atomic E-state index is 13.6. The third kappa shape index (κ3) is 5.66. The molecule has 0 saturated carbocycles. The Balaban J connectivity index is 1.25. The fraction of sp³-hybridized carbons (Fsp3) is 0.379. The summed E-state index contributed by atoms with van der Waals surface area (Å²) >= 11 is 1.49. The van der Waals surface area contributed by atoms with Gasteiger partial charge in [0.05, 0.1) is 10.2 Å². The van der Waals surface area contributed by atoms with E-state index in [0.29, 0.717) is 54.8 Å². The molecule has 10 nitrogen and oxygen atoms in total. The predicted octanol–water partition coefficient (Wildman–Crippen LogP) is 4.36. The lowest BCUT2D eigenvalue weighted by Gasteiger charge is -2.37. The number of nitrogens with one attached hydrogen (secondary N) is 3. The Hall–Kier alpha value is -3.96. The van der Waals surface area contributed by atoms with E-state index in [1.807, 2.05) is 59.5 Å². The molecule has 4 N–H and O–H groups in total. The van der Waals surface area contributed by atoms with Crippen LogP contribution in [0.5, 0.6) is 0 Å². The minimum absolute atomic E-state index is 0.103. The molecule has 2 aliphatic rings. The van der Waals surface area contributed by atoms with Crippen LogP contribution >= 0.6 is 11.3 Å². The Labute approximate surface area is 236 Å². The molecule has 0 radical (unpaired) electrons. The lowest BCUT2D eigenvalue weighted by atomic mass is 10.0. The van der Waals surface area contributed by atoms with E-state index in [0.717, 1.165) is 41.7 Å². The molecule has 2 aromatic heterocycles. The molecule has 0 bridgehead atoms. The van der Waals surface area contributed by atoms with Crippen LogP contribution in [0.3, 0.4) is 0 Å². The number of thiazole rings is 1. The van der Waals surface area contributed by atoms with Gasteiger partial charge >= 0.3 is 6.09 Å². The van der Waals surface area contributed by atoms with Crippen LogP contribution in [-0.4, -0.2) is 69.3 Å². The Morgan fingerprint density at radius 2 is 1.85 bits per heavy atom. The minimum Gasteiger partial charge on any atom is -0.465 e. The number of fused-ring (bicyclic) bond motifs is 1. The summed E-state index contributed by atoms with van der Waals surface area (Å²) in [5.41, 5.74) is 2.06. The highest BCUT2D eigenvalue weighted by molar-refractivity contribution is 7.21. The van der Waals surface area contributed by atoms with Crippen molar-refractivity contribution in [3.8, 4) is 10.6 Å². The fourth-order valence-electron chi connectivity index (χ4n) is 5.58. The second-order valence-electron chi connectivity index (χ2n) is 10.4. The van der Waals surface area contributed by atoms with Crippen molar-refractivity contribution >= 4 is 39.4 Å². The number of piperidine rings is 2. The smallest absolute Gasteiger partial charge is 0.407 e. The summed E-state index contributed by atoms with van der Waals surface area (Å²) in [5, 5.41) is 17.5. The largest absolute Gasteiger partial charge is 0.465 e. The molecule has 1 atom stereocenters. The first-order valence-electron chi connectivity index (χ1n) is 13.8. The quantitative estimate of drug-likeness (QED) is 0.263. The van der Waals surface area contributed by atoms with E-state index < -0.39 is 6.09 Å². The number of aromatic nitrogens is 3. The third-order valence-corrected chi connectivity index (χ3v) is 8.75. The summed E-state index contributed by atoms with van der Waals surface area (Å²) in [5.74, 6) is 1.05. The Bertz CT molecular complexity index is 1490. The maximum Gasteiger partial charge on any atom is 0.407 e. The van der Waals surface area contributed by atoms with Crippen molar-refractivity contribution in [3.05, 3.63) is 70.5 Å². The number of anilines is 2. The number of hydrogen-bond donors (Lipinski definition) is 4. The molecular formula is C29H33N7O3S. The molecule has 1 amide bonds. The topological polar surface area (TPSA) is 126 Å². The number of carbonyl (C=O) groups is 1. The van der Waals surface area contributed by atoms with Crippen molar-refractivity contribution < 1.29 is 9.90 Å². The van der Waals surface area contributed by atoms with Crippen LogP contribution in [-0.2, 0) is 6.54 Å². The number of aromatic amines is 1. The molecule has 4 heterocycles. The van der Waals surface area contributed by atoms with E-state index in [1.54, 1.807) is 0 Å². The average Bonchev–Trinajstić information content (AvgIpc) is 3.40. The molecule has 0 spiro atoms. The van der Waals surface area contributed by atoms with Crippen molar-refractivity contribution in [2.45, 2.75) is 44.3 Å². The molecule has 208 valence electrons. The van der Waals surface area contributed by atoms with E-state index in [9.17, 15) is 14.7 Å². The highest BCUT2D eigenvalue weighted by Gasteiger charge is 2.30. The standard InChI is InChI=1S/C29H33N7O3S/c37-26-24(27-32-22-10-4-5-11-23(22)40-27)25(31-20-9-6-14-30-17-20)33-28(34-26)35-15-12-21(13-16-35)36(29(38)39)18-19-7-2-1-3-8-19/h1-5,7-8,10-11,20-21,30H,6,9,12-18H2,(H,38,39)(H2,31,33,34,37)/t20-/m1/s1. The van der Waals surface area contributed by atoms with Gasteiger partial charge in [-0.2, -0.15) is 4.98 Å². The van der Waals surface area contributed by atoms with Crippen LogP contribution in [0.25, 0.3) is 20.8 Å². The van der Waals surface area contributed by atoms with Crippen molar-refractivity contribution in [2.75, 3.05) is 36.4 Å². The molecule has 0 unspecified atom stereocenters. The van der Waals surface area contributed by atoms with Gasteiger partial charge in [0.15, 0.2) is 0 Å². The molecular weight excluding hydrogens is 526 g/mol. The van der Waals surface area contributed by atoms with Gasteiger partial charge in [0, 0.05) is 38.3 Å². The second kappa shape index (κ2) is 11.6. The highest BCUT2D eigenvalue weighted by Crippen LogP contribution is 2.33. The van der Waals surface area contributed by atoms with E-state index in [4.69, 9.17) is 9.97 Å². The second-order valence-corrected chi connectivity index (χ2v) is 11.4. The van der Waals surface area contributed by atoms with Crippen LogP contribution in [0.2, 0.25) is 0 Å². The predicted molar refractivity (Wildman–Crippen MR) is 158 cm³/mol. The van der Waals surface area contributed by atoms with E-state index in [-0.39, 0.29) is 17.6 Å². The highest BCUT2D eigenvalue weighted by atomic mass is 32.1. The first kappa shape index (κ1) is 26.3. The Morgan fingerprint density at radius 1 is 1.07 bits per heavy atom. The normalized spacial score (nSPS) is 18.1. The van der Waals surface area contributed by atoms with Crippen LogP contribution in [0.15, 0.2) is 59.4 Å². The summed E-state index contributed by atoms with van der Waals surface area (Å²) < 4.78 is 1.02. The zero-order valence-corrected chi connectivity index (χ0v) is 23.0. The van der Waals surface area contributed by atoms with Crippen LogP contribution in [0.4, 0.5) is 16.6 Å². The zero-order valence-electron chi connectivity index (χ0n) is 22.2. The number of hydrogen-bond acceptors (Lipinski definition) is 8. The van der Waals surface area contributed by atoms with Crippen LogP contribution in [0, 0.1) is 0 Å². The summed E-state index contributed by atoms with van der Waals surface area (Å²) in [6, 6.07) is 17.6. The molecule has 6 rings (SSSR count). The molecule has 2 aromatic carbocycles. The van der Waals surface area contributed by atoms with Gasteiger partial charge in [-0.25, -0.2) is 9.78 Å². The van der Waals surface area contributed by atoms with Crippen LogP contribution < -0.4 is 21.1 Å². The van der Waals surface area contributed by atoms with Gasteiger partial charge in [-0.15, -0.1) is 11.3 Å². The number of para-hydroxylation sites is 1. The van der Waals surface area contributed by atoms with Gasteiger partial charge in [-0.05, 0) is 49.9 Å². The van der Waals surface area contributed by atoms with Gasteiger partial charge in [-0.3, -0.25) is 9.78 Å². The Kier molecular flexibility index (Phi) is 7.65. The van der Waals surface area contributed by atoms with E-state index >= 15 is 0 Å². The summed E-state index contributed by atoms with van der Waals surface area (Å²) in [6.45, 7) is 3.34. The van der Waals surface area contributed by atoms with Crippen molar-refractivity contribution in [1.82, 2.24) is 25.2 Å². The lowest BCUT2D eigenvalue weighted by molar-refractivity contribution is 0.111. The van der Waals surface area contributed by atoms with E-state index in [1.165, 1.54) is 16.2 Å².